The first kappa shape index (κ1) is 13.3. The highest BCUT2D eigenvalue weighted by molar-refractivity contribution is 6.45. The molecule has 96 valence electrons. The van der Waals surface area contributed by atoms with Gasteiger partial charge in [-0.3, -0.25) is 4.79 Å². The summed E-state index contributed by atoms with van der Waals surface area (Å²) in [5.74, 6) is -1.64. The molecule has 2 aromatic carbocycles. The molecule has 0 atom stereocenters. The number of Topliss-reactive ketones (excluding diaryl/α,β-unsaturated/α-hetero) is 1. The zero-order valence-corrected chi connectivity index (χ0v) is 10.8. The number of hydrogen-bond donors (Lipinski definition) is 0. The SMILES string of the molecule is O=C(OCc1ccccc1)C(=O)c1ccccc1Cl. The Morgan fingerprint density at radius 2 is 1.58 bits per heavy atom. The molecule has 4 heteroatoms. The van der Waals surface area contributed by atoms with E-state index in [1.54, 1.807) is 18.2 Å². The molecular formula is C15H11ClO3. The van der Waals surface area contributed by atoms with Gasteiger partial charge in [0, 0.05) is 5.56 Å². The van der Waals surface area contributed by atoms with Crippen LogP contribution in [0.5, 0.6) is 0 Å². The van der Waals surface area contributed by atoms with E-state index in [2.05, 4.69) is 0 Å². The molecule has 3 nitrogen and oxygen atoms in total. The highest BCUT2D eigenvalue weighted by Gasteiger charge is 2.20. The topological polar surface area (TPSA) is 43.4 Å². The van der Waals surface area contributed by atoms with Crippen LogP contribution in [0.25, 0.3) is 0 Å². The third-order valence-corrected chi connectivity index (χ3v) is 2.85. The zero-order valence-electron chi connectivity index (χ0n) is 10.0. The molecule has 0 heterocycles. The Labute approximate surface area is 115 Å². The Kier molecular flexibility index (Phi) is 4.31. The van der Waals surface area contributed by atoms with Crippen LogP contribution < -0.4 is 0 Å². The van der Waals surface area contributed by atoms with Crippen molar-refractivity contribution in [1.29, 1.82) is 0 Å². The van der Waals surface area contributed by atoms with Crippen LogP contribution in [0.1, 0.15) is 15.9 Å². The second-order valence-corrected chi connectivity index (χ2v) is 4.28. The number of halogens is 1. The quantitative estimate of drug-likeness (QED) is 0.488. The number of hydrogen-bond acceptors (Lipinski definition) is 3. The van der Waals surface area contributed by atoms with Crippen LogP contribution in [-0.2, 0) is 16.1 Å². The van der Waals surface area contributed by atoms with Gasteiger partial charge in [-0.2, -0.15) is 0 Å². The summed E-state index contributed by atoms with van der Waals surface area (Å²) in [7, 11) is 0. The summed E-state index contributed by atoms with van der Waals surface area (Å²) in [6.07, 6.45) is 0. The van der Waals surface area contributed by atoms with Gasteiger partial charge in [-0.1, -0.05) is 54.1 Å². The highest BCUT2D eigenvalue weighted by atomic mass is 35.5. The molecule has 0 amide bonds. The van der Waals surface area contributed by atoms with Crippen molar-refractivity contribution < 1.29 is 14.3 Å². The van der Waals surface area contributed by atoms with Crippen molar-refractivity contribution in [2.24, 2.45) is 0 Å². The standard InChI is InChI=1S/C15H11ClO3/c16-13-9-5-4-8-12(13)14(17)15(18)19-10-11-6-2-1-3-7-11/h1-9H,10H2. The summed E-state index contributed by atoms with van der Waals surface area (Å²) >= 11 is 5.85. The summed E-state index contributed by atoms with van der Waals surface area (Å²) in [6.45, 7) is 0.0653. The number of ketones is 1. The zero-order chi connectivity index (χ0) is 13.7. The van der Waals surface area contributed by atoms with Crippen molar-refractivity contribution in [3.05, 3.63) is 70.7 Å². The van der Waals surface area contributed by atoms with E-state index in [9.17, 15) is 9.59 Å². The predicted molar refractivity (Wildman–Crippen MR) is 72.0 cm³/mol. The van der Waals surface area contributed by atoms with Crippen LogP contribution in [0.15, 0.2) is 54.6 Å². The smallest absolute Gasteiger partial charge is 0.380 e. The van der Waals surface area contributed by atoms with Crippen LogP contribution in [0.3, 0.4) is 0 Å². The van der Waals surface area contributed by atoms with Gasteiger partial charge in [0.25, 0.3) is 5.78 Å². The Bertz CT molecular complexity index is 593. The first-order valence-electron chi connectivity index (χ1n) is 5.68. The number of ether oxygens (including phenoxy) is 1. The molecule has 19 heavy (non-hydrogen) atoms. The number of carbonyl (C=O) groups is 2. The molecule has 0 aromatic heterocycles. The normalized spacial score (nSPS) is 9.95. The summed E-state index contributed by atoms with van der Waals surface area (Å²) in [5, 5.41) is 0.240. The third-order valence-electron chi connectivity index (χ3n) is 2.52. The monoisotopic (exact) mass is 274 g/mol. The molecule has 2 aromatic rings. The Morgan fingerprint density at radius 1 is 0.947 bits per heavy atom. The maximum absolute atomic E-state index is 11.8. The van der Waals surface area contributed by atoms with Crippen LogP contribution in [0.2, 0.25) is 5.02 Å². The fourth-order valence-electron chi connectivity index (χ4n) is 1.54. The lowest BCUT2D eigenvalue weighted by molar-refractivity contribution is -0.139. The largest absolute Gasteiger partial charge is 0.455 e. The molecule has 0 aliphatic rings. The number of carbonyl (C=O) groups excluding carboxylic acids is 2. The van der Waals surface area contributed by atoms with Crippen molar-refractivity contribution in [3.63, 3.8) is 0 Å². The summed E-state index contributed by atoms with van der Waals surface area (Å²) in [6, 6.07) is 15.5. The van der Waals surface area contributed by atoms with Gasteiger partial charge < -0.3 is 4.74 Å². The molecule has 0 aliphatic heterocycles. The average molecular weight is 275 g/mol. The maximum atomic E-state index is 11.8. The second-order valence-electron chi connectivity index (χ2n) is 3.87. The van der Waals surface area contributed by atoms with Gasteiger partial charge in [0.15, 0.2) is 0 Å². The average Bonchev–Trinajstić information content (AvgIpc) is 2.45. The van der Waals surface area contributed by atoms with E-state index in [1.165, 1.54) is 6.07 Å². The van der Waals surface area contributed by atoms with Gasteiger partial charge in [-0.15, -0.1) is 0 Å². The Morgan fingerprint density at radius 3 is 2.26 bits per heavy atom. The van der Waals surface area contributed by atoms with Gasteiger partial charge in [0.2, 0.25) is 0 Å². The van der Waals surface area contributed by atoms with Crippen molar-refractivity contribution in [2.75, 3.05) is 0 Å². The molecular weight excluding hydrogens is 264 g/mol. The van der Waals surface area contributed by atoms with Crippen LogP contribution in [0.4, 0.5) is 0 Å². The fourth-order valence-corrected chi connectivity index (χ4v) is 1.77. The molecule has 0 bridgehead atoms. The lowest BCUT2D eigenvalue weighted by atomic mass is 10.1. The van der Waals surface area contributed by atoms with E-state index in [-0.39, 0.29) is 17.2 Å². The van der Waals surface area contributed by atoms with E-state index in [0.29, 0.717) is 0 Å². The van der Waals surface area contributed by atoms with Crippen molar-refractivity contribution in [3.8, 4) is 0 Å². The molecule has 0 fully saturated rings. The van der Waals surface area contributed by atoms with Crippen molar-refractivity contribution in [2.45, 2.75) is 6.61 Å². The number of rotatable bonds is 4. The van der Waals surface area contributed by atoms with Crippen molar-refractivity contribution in [1.82, 2.24) is 0 Å². The molecule has 0 N–H and O–H groups in total. The Hall–Kier alpha value is -2.13. The van der Waals surface area contributed by atoms with E-state index in [1.807, 2.05) is 30.3 Å². The van der Waals surface area contributed by atoms with Gasteiger partial charge in [-0.25, -0.2) is 4.79 Å². The minimum atomic E-state index is -0.906. The first-order valence-corrected chi connectivity index (χ1v) is 6.06. The molecule has 0 spiro atoms. The predicted octanol–water partition coefficient (Wildman–Crippen LogP) is 3.27. The summed E-state index contributed by atoms with van der Waals surface area (Å²) in [4.78, 5) is 23.5. The van der Waals surface area contributed by atoms with E-state index < -0.39 is 11.8 Å². The van der Waals surface area contributed by atoms with E-state index in [0.717, 1.165) is 5.56 Å². The maximum Gasteiger partial charge on any atom is 0.380 e. The lowest BCUT2D eigenvalue weighted by Crippen LogP contribution is -2.17. The molecule has 0 aliphatic carbocycles. The highest BCUT2D eigenvalue weighted by Crippen LogP contribution is 2.16. The Balaban J connectivity index is 2.01. The van der Waals surface area contributed by atoms with Gasteiger partial charge >= 0.3 is 5.97 Å². The molecule has 0 radical (unpaired) electrons. The molecule has 0 unspecified atom stereocenters. The van der Waals surface area contributed by atoms with Gasteiger partial charge in [0.05, 0.1) is 5.02 Å². The molecule has 2 rings (SSSR count). The second kappa shape index (κ2) is 6.16. The minimum Gasteiger partial charge on any atom is -0.455 e. The van der Waals surface area contributed by atoms with Crippen LogP contribution in [0, 0.1) is 0 Å². The minimum absolute atomic E-state index is 0.0653. The van der Waals surface area contributed by atoms with Gasteiger partial charge in [0.1, 0.15) is 6.61 Å². The summed E-state index contributed by atoms with van der Waals surface area (Å²) < 4.78 is 4.95. The van der Waals surface area contributed by atoms with E-state index >= 15 is 0 Å². The third kappa shape index (κ3) is 3.42. The lowest BCUT2D eigenvalue weighted by Gasteiger charge is -2.05. The van der Waals surface area contributed by atoms with Gasteiger partial charge in [-0.05, 0) is 17.7 Å². The molecule has 0 saturated carbocycles. The fraction of sp³-hybridized carbons (Fsp3) is 0.0667. The van der Waals surface area contributed by atoms with Crippen molar-refractivity contribution >= 4 is 23.4 Å². The van der Waals surface area contributed by atoms with Crippen LogP contribution >= 0.6 is 11.6 Å². The van der Waals surface area contributed by atoms with Crippen LogP contribution in [-0.4, -0.2) is 11.8 Å². The number of benzene rings is 2. The van der Waals surface area contributed by atoms with E-state index in [4.69, 9.17) is 16.3 Å². The summed E-state index contributed by atoms with van der Waals surface area (Å²) in [5.41, 5.74) is 0.977. The first-order chi connectivity index (χ1) is 9.18. The molecule has 0 saturated heterocycles. The number of esters is 1.